The molecule has 0 fully saturated rings. The average Bonchev–Trinajstić information content (AvgIpc) is 3.00. The molecule has 0 radical (unpaired) electrons. The lowest BCUT2D eigenvalue weighted by atomic mass is 10.0. The van der Waals surface area contributed by atoms with Crippen LogP contribution in [0.15, 0.2) is 54.6 Å². The zero-order valence-corrected chi connectivity index (χ0v) is 13.7. The first kappa shape index (κ1) is 16.1. The van der Waals surface area contributed by atoms with Gasteiger partial charge in [0.05, 0.1) is 0 Å². The minimum Gasteiger partial charge on any atom is -0.355 e. The van der Waals surface area contributed by atoms with Crippen molar-refractivity contribution in [2.75, 3.05) is 18.0 Å². The number of urea groups is 1. The van der Waals surface area contributed by atoms with Crippen molar-refractivity contribution < 1.29 is 9.59 Å². The van der Waals surface area contributed by atoms with E-state index in [1.165, 1.54) is 5.56 Å². The number of imide groups is 1. The fraction of sp³-hybridized carbons (Fsp3) is 0.263. The maximum atomic E-state index is 12.8. The molecule has 2 aromatic carbocycles. The van der Waals surface area contributed by atoms with Crippen molar-refractivity contribution in [1.82, 2.24) is 10.6 Å². The van der Waals surface area contributed by atoms with E-state index in [-0.39, 0.29) is 5.91 Å². The minimum atomic E-state index is -0.530. The number of anilines is 1. The molecule has 0 aliphatic carbocycles. The fourth-order valence-electron chi connectivity index (χ4n) is 3.13. The molecule has 5 heteroatoms. The lowest BCUT2D eigenvalue weighted by Gasteiger charge is -2.29. The number of benzene rings is 2. The fourth-order valence-corrected chi connectivity index (χ4v) is 3.13. The Morgan fingerprint density at radius 3 is 2.54 bits per heavy atom. The van der Waals surface area contributed by atoms with E-state index in [2.05, 4.69) is 21.6 Å². The first-order valence-electron chi connectivity index (χ1n) is 8.19. The smallest absolute Gasteiger partial charge is 0.321 e. The van der Waals surface area contributed by atoms with Crippen LogP contribution in [0.3, 0.4) is 0 Å². The predicted molar refractivity (Wildman–Crippen MR) is 93.9 cm³/mol. The van der Waals surface area contributed by atoms with E-state index in [0.29, 0.717) is 6.54 Å². The summed E-state index contributed by atoms with van der Waals surface area (Å²) in [5.74, 6) is -0.316. The molecular weight excluding hydrogens is 302 g/mol. The topological polar surface area (TPSA) is 61.4 Å². The van der Waals surface area contributed by atoms with Gasteiger partial charge in [0, 0.05) is 18.8 Å². The maximum absolute atomic E-state index is 12.8. The Kier molecular flexibility index (Phi) is 4.79. The van der Waals surface area contributed by atoms with Crippen LogP contribution in [0.2, 0.25) is 0 Å². The van der Waals surface area contributed by atoms with Crippen molar-refractivity contribution in [3.05, 3.63) is 65.7 Å². The van der Waals surface area contributed by atoms with Crippen LogP contribution in [0, 0.1) is 0 Å². The van der Waals surface area contributed by atoms with Crippen LogP contribution in [0.5, 0.6) is 0 Å². The molecule has 2 aromatic rings. The zero-order chi connectivity index (χ0) is 16.9. The Hall–Kier alpha value is -2.82. The van der Waals surface area contributed by atoms with Crippen LogP contribution in [0.25, 0.3) is 0 Å². The standard InChI is InChI=1S/C19H21N3O2/c1-2-20-19(24)21-18(23)17(15-9-4-3-5-10-15)22-13-12-14-8-6-7-11-16(14)22/h3-11,17H,2,12-13H2,1H3,(H2,20,21,23,24)/t17-/m1/s1. The summed E-state index contributed by atoms with van der Waals surface area (Å²) < 4.78 is 0. The molecule has 24 heavy (non-hydrogen) atoms. The third-order valence-corrected chi connectivity index (χ3v) is 4.17. The average molecular weight is 323 g/mol. The van der Waals surface area contributed by atoms with E-state index in [9.17, 15) is 9.59 Å². The van der Waals surface area contributed by atoms with Gasteiger partial charge in [-0.1, -0.05) is 48.5 Å². The zero-order valence-electron chi connectivity index (χ0n) is 13.7. The molecule has 1 heterocycles. The number of carbonyl (C=O) groups is 2. The largest absolute Gasteiger partial charge is 0.355 e. The monoisotopic (exact) mass is 323 g/mol. The summed E-state index contributed by atoms with van der Waals surface area (Å²) in [6, 6.07) is 16.7. The maximum Gasteiger partial charge on any atom is 0.321 e. The predicted octanol–water partition coefficient (Wildman–Crippen LogP) is 2.64. The number of hydrogen-bond acceptors (Lipinski definition) is 3. The Bertz CT molecular complexity index is 730. The van der Waals surface area contributed by atoms with Crippen molar-refractivity contribution in [3.8, 4) is 0 Å². The van der Waals surface area contributed by atoms with E-state index in [0.717, 1.165) is 24.2 Å². The van der Waals surface area contributed by atoms with Crippen LogP contribution in [-0.2, 0) is 11.2 Å². The lowest BCUT2D eigenvalue weighted by Crippen LogP contribution is -2.46. The molecule has 3 rings (SSSR count). The number of nitrogens with one attached hydrogen (secondary N) is 2. The number of rotatable bonds is 4. The third kappa shape index (κ3) is 3.25. The van der Waals surface area contributed by atoms with Gasteiger partial charge in [0.25, 0.3) is 5.91 Å². The number of fused-ring (bicyclic) bond motifs is 1. The van der Waals surface area contributed by atoms with Crippen molar-refractivity contribution >= 4 is 17.6 Å². The second-order valence-corrected chi connectivity index (χ2v) is 5.73. The molecule has 1 atom stereocenters. The molecule has 0 saturated carbocycles. The van der Waals surface area contributed by atoms with Crippen LogP contribution >= 0.6 is 0 Å². The molecule has 5 nitrogen and oxygen atoms in total. The van der Waals surface area contributed by atoms with Crippen molar-refractivity contribution in [1.29, 1.82) is 0 Å². The number of carbonyl (C=O) groups excluding carboxylic acids is 2. The number of hydrogen-bond donors (Lipinski definition) is 2. The van der Waals surface area contributed by atoms with Crippen molar-refractivity contribution in [2.24, 2.45) is 0 Å². The highest BCUT2D eigenvalue weighted by atomic mass is 16.2. The third-order valence-electron chi connectivity index (χ3n) is 4.17. The molecule has 0 aromatic heterocycles. The van der Waals surface area contributed by atoms with Crippen LogP contribution in [0.1, 0.15) is 24.1 Å². The summed E-state index contributed by atoms with van der Waals surface area (Å²) >= 11 is 0. The van der Waals surface area contributed by atoms with Gasteiger partial charge in [-0.15, -0.1) is 0 Å². The molecule has 0 spiro atoms. The van der Waals surface area contributed by atoms with E-state index in [1.54, 1.807) is 0 Å². The lowest BCUT2D eigenvalue weighted by molar-refractivity contribution is -0.121. The molecule has 1 aliphatic rings. The van der Waals surface area contributed by atoms with Gasteiger partial charge < -0.3 is 10.2 Å². The first-order chi connectivity index (χ1) is 11.7. The van der Waals surface area contributed by atoms with Crippen molar-refractivity contribution in [3.63, 3.8) is 0 Å². The van der Waals surface area contributed by atoms with Gasteiger partial charge in [-0.25, -0.2) is 4.79 Å². The second kappa shape index (κ2) is 7.17. The first-order valence-corrected chi connectivity index (χ1v) is 8.19. The Morgan fingerprint density at radius 2 is 1.79 bits per heavy atom. The molecule has 0 unspecified atom stereocenters. The summed E-state index contributed by atoms with van der Waals surface area (Å²) in [6.45, 7) is 3.04. The number of amides is 3. The highest BCUT2D eigenvalue weighted by Gasteiger charge is 2.32. The Morgan fingerprint density at radius 1 is 1.08 bits per heavy atom. The second-order valence-electron chi connectivity index (χ2n) is 5.73. The summed E-state index contributed by atoms with van der Waals surface area (Å²) in [5, 5.41) is 5.06. The Balaban J connectivity index is 1.92. The van der Waals surface area contributed by atoms with Crippen LogP contribution in [-0.4, -0.2) is 25.0 Å². The van der Waals surface area contributed by atoms with Crippen LogP contribution in [0.4, 0.5) is 10.5 Å². The Labute approximate surface area is 141 Å². The quantitative estimate of drug-likeness (QED) is 0.909. The van der Waals surface area contributed by atoms with Gasteiger partial charge in [-0.05, 0) is 30.5 Å². The highest BCUT2D eigenvalue weighted by molar-refractivity contribution is 5.99. The van der Waals surface area contributed by atoms with E-state index in [4.69, 9.17) is 0 Å². The summed E-state index contributed by atoms with van der Waals surface area (Å²) in [5.41, 5.74) is 3.15. The number of nitrogens with zero attached hydrogens (tertiary/aromatic N) is 1. The minimum absolute atomic E-state index is 0.316. The van der Waals surface area contributed by atoms with Gasteiger partial charge in [0.15, 0.2) is 0 Å². The van der Waals surface area contributed by atoms with Gasteiger partial charge >= 0.3 is 6.03 Å². The van der Waals surface area contributed by atoms with Crippen LogP contribution < -0.4 is 15.5 Å². The summed E-state index contributed by atoms with van der Waals surface area (Å²) in [7, 11) is 0. The summed E-state index contributed by atoms with van der Waals surface area (Å²) in [6.07, 6.45) is 0.897. The molecule has 0 saturated heterocycles. The van der Waals surface area contributed by atoms with Gasteiger partial charge in [0.2, 0.25) is 0 Å². The number of para-hydroxylation sites is 1. The highest BCUT2D eigenvalue weighted by Crippen LogP contribution is 2.35. The van der Waals surface area contributed by atoms with Crippen molar-refractivity contribution in [2.45, 2.75) is 19.4 Å². The van der Waals surface area contributed by atoms with Gasteiger partial charge in [-0.3, -0.25) is 10.1 Å². The molecule has 1 aliphatic heterocycles. The normalized spacial score (nSPS) is 14.0. The SMILES string of the molecule is CCNC(=O)NC(=O)[C@@H](c1ccccc1)N1CCc2ccccc21. The summed E-state index contributed by atoms with van der Waals surface area (Å²) in [4.78, 5) is 26.7. The van der Waals surface area contributed by atoms with Gasteiger partial charge in [0.1, 0.15) is 6.04 Å². The molecule has 2 N–H and O–H groups in total. The van der Waals surface area contributed by atoms with E-state index >= 15 is 0 Å². The molecular formula is C19H21N3O2. The van der Waals surface area contributed by atoms with E-state index < -0.39 is 12.1 Å². The molecule has 0 bridgehead atoms. The molecule has 124 valence electrons. The molecule has 3 amide bonds. The van der Waals surface area contributed by atoms with E-state index in [1.807, 2.05) is 55.5 Å². The van der Waals surface area contributed by atoms with Gasteiger partial charge in [-0.2, -0.15) is 0 Å².